The van der Waals surface area contributed by atoms with Crippen molar-refractivity contribution >= 4 is 34.6 Å². The van der Waals surface area contributed by atoms with Gasteiger partial charge in [0, 0.05) is 43.5 Å². The van der Waals surface area contributed by atoms with E-state index < -0.39 is 5.97 Å². The van der Waals surface area contributed by atoms with E-state index in [-0.39, 0.29) is 43.0 Å². The van der Waals surface area contributed by atoms with Crippen molar-refractivity contribution in [2.45, 2.75) is 58.7 Å². The lowest BCUT2D eigenvalue weighted by molar-refractivity contribution is -0.143. The number of benzene rings is 4. The molecule has 0 saturated carbocycles. The third kappa shape index (κ3) is 13.6. The molecule has 0 bridgehead atoms. The molecular weight excluding hydrogens is 837 g/mol. The number of hydrogen-bond acceptors (Lipinski definition) is 12. The van der Waals surface area contributed by atoms with Crippen LogP contribution in [0.15, 0.2) is 155 Å². The van der Waals surface area contributed by atoms with Crippen LogP contribution >= 0.6 is 22.7 Å². The molecule has 0 aliphatic carbocycles. The van der Waals surface area contributed by atoms with E-state index in [1.165, 1.54) is 44.5 Å². The van der Waals surface area contributed by atoms with Gasteiger partial charge in [0.1, 0.15) is 30.6 Å². The monoisotopic (exact) mass is 884 g/mol. The van der Waals surface area contributed by atoms with Gasteiger partial charge in [-0.1, -0.05) is 94.2 Å². The van der Waals surface area contributed by atoms with Crippen LogP contribution in [0.5, 0.6) is 11.5 Å². The van der Waals surface area contributed by atoms with Crippen molar-refractivity contribution in [3.05, 3.63) is 189 Å². The van der Waals surface area contributed by atoms with Crippen molar-refractivity contribution in [3.63, 3.8) is 0 Å². The molecule has 8 aromatic rings. The number of thiophene rings is 2. The summed E-state index contributed by atoms with van der Waals surface area (Å²) >= 11 is 3.36. The van der Waals surface area contributed by atoms with E-state index in [9.17, 15) is 19.8 Å². The fourth-order valence-electron chi connectivity index (χ4n) is 6.47. The molecule has 13 heteroatoms. The Morgan fingerprint density at radius 3 is 1.59 bits per heavy atom. The van der Waals surface area contributed by atoms with Crippen LogP contribution in [-0.4, -0.2) is 44.2 Å². The molecular formula is C50H48N2O9S2. The lowest BCUT2D eigenvalue weighted by Crippen LogP contribution is -2.11. The minimum Gasteiger partial charge on any atom is -0.508 e. The lowest BCUT2D eigenvalue weighted by atomic mass is 9.92. The number of aliphatic hydroxyl groups excluding tert-OH is 1. The maximum Gasteiger partial charge on any atom is 0.306 e. The smallest absolute Gasteiger partial charge is 0.306 e. The van der Waals surface area contributed by atoms with Crippen LogP contribution in [0, 0.1) is 13.8 Å². The number of carbonyl (C=O) groups excluding carboxylic acids is 1. The quantitative estimate of drug-likeness (QED) is 0.0839. The SMILES string of the molecule is CCOC(=O)C[C@@H](c1ccc(O)cc1)c1ccon1.Cc1ccc(-c2ccc(CO)s2)cc1.Cc1ccc(-c2ccc(COc3ccc([C@H](CC(=O)O)c4ccon4)cc3)s2)cc1. The maximum absolute atomic E-state index is 11.7. The zero-order valence-electron chi connectivity index (χ0n) is 35.0. The number of carboxylic acid groups (broad SMARTS) is 1. The van der Waals surface area contributed by atoms with Crippen LogP contribution in [0.2, 0.25) is 0 Å². The highest BCUT2D eigenvalue weighted by Gasteiger charge is 2.22. The van der Waals surface area contributed by atoms with Crippen LogP contribution in [0.3, 0.4) is 0 Å². The number of nitrogens with zero attached hydrogens (tertiary/aromatic N) is 2. The molecule has 2 atom stereocenters. The average molecular weight is 885 g/mol. The third-order valence-corrected chi connectivity index (χ3v) is 12.0. The van der Waals surface area contributed by atoms with E-state index in [0.717, 1.165) is 26.6 Å². The number of rotatable bonds is 15. The molecule has 4 heterocycles. The fraction of sp³-hybridized carbons (Fsp3) is 0.200. The number of aliphatic carboxylic acids is 1. The molecule has 8 rings (SSSR count). The molecule has 11 nitrogen and oxygen atoms in total. The Kier molecular flexibility index (Phi) is 16.6. The van der Waals surface area contributed by atoms with Gasteiger partial charge in [-0.3, -0.25) is 9.59 Å². The molecule has 0 aliphatic rings. The predicted molar refractivity (Wildman–Crippen MR) is 244 cm³/mol. The number of carboxylic acids is 1. The second kappa shape index (κ2) is 22.9. The van der Waals surface area contributed by atoms with E-state index in [0.29, 0.717) is 24.6 Å². The maximum atomic E-state index is 11.7. The summed E-state index contributed by atoms with van der Waals surface area (Å²) in [4.78, 5) is 27.5. The van der Waals surface area contributed by atoms with Gasteiger partial charge in [0.05, 0.1) is 37.4 Å². The van der Waals surface area contributed by atoms with E-state index in [1.807, 2.05) is 30.3 Å². The fourth-order valence-corrected chi connectivity index (χ4v) is 8.27. The van der Waals surface area contributed by atoms with Gasteiger partial charge in [-0.15, -0.1) is 22.7 Å². The first-order chi connectivity index (χ1) is 30.6. The van der Waals surface area contributed by atoms with Gasteiger partial charge < -0.3 is 33.8 Å². The number of esters is 1. The van der Waals surface area contributed by atoms with Crippen molar-refractivity contribution in [1.82, 2.24) is 10.3 Å². The second-order valence-corrected chi connectivity index (χ2v) is 16.8. The molecule has 0 unspecified atom stereocenters. The van der Waals surface area contributed by atoms with Crippen molar-refractivity contribution in [1.29, 1.82) is 0 Å². The molecule has 4 aromatic heterocycles. The lowest BCUT2D eigenvalue weighted by Gasteiger charge is -2.13. The zero-order chi connectivity index (χ0) is 44.6. The van der Waals surface area contributed by atoms with E-state index in [4.69, 9.17) is 23.6 Å². The van der Waals surface area contributed by atoms with Gasteiger partial charge in [-0.2, -0.15) is 0 Å². The van der Waals surface area contributed by atoms with Crippen molar-refractivity contribution in [3.8, 4) is 32.4 Å². The number of ether oxygens (including phenoxy) is 2. The number of phenols is 1. The highest BCUT2D eigenvalue weighted by molar-refractivity contribution is 7.15. The Balaban J connectivity index is 0.000000171. The average Bonchev–Trinajstić information content (AvgIpc) is 4.15. The van der Waals surface area contributed by atoms with Crippen LogP contribution in [-0.2, 0) is 27.5 Å². The van der Waals surface area contributed by atoms with Gasteiger partial charge in [0.15, 0.2) is 0 Å². The summed E-state index contributed by atoms with van der Waals surface area (Å²) in [5.74, 6) is -0.853. The molecule has 63 heavy (non-hydrogen) atoms. The number of aromatic hydroxyl groups is 1. The first kappa shape index (κ1) is 45.7. The van der Waals surface area contributed by atoms with Crippen molar-refractivity contribution in [2.24, 2.45) is 0 Å². The van der Waals surface area contributed by atoms with Crippen LogP contribution < -0.4 is 4.74 Å². The zero-order valence-corrected chi connectivity index (χ0v) is 36.7. The third-order valence-electron chi connectivity index (χ3n) is 9.79. The van der Waals surface area contributed by atoms with Crippen molar-refractivity contribution < 1.29 is 43.4 Å². The summed E-state index contributed by atoms with van der Waals surface area (Å²) in [7, 11) is 0. The summed E-state index contributed by atoms with van der Waals surface area (Å²) < 4.78 is 20.6. The molecule has 0 aliphatic heterocycles. The van der Waals surface area contributed by atoms with E-state index in [2.05, 4.69) is 90.9 Å². The Hall–Kier alpha value is -6.80. The number of hydrogen-bond donors (Lipinski definition) is 3. The Labute approximate surface area is 373 Å². The van der Waals surface area contributed by atoms with Crippen molar-refractivity contribution in [2.75, 3.05) is 6.61 Å². The van der Waals surface area contributed by atoms with Gasteiger partial charge >= 0.3 is 11.9 Å². The van der Waals surface area contributed by atoms with Crippen LogP contribution in [0.4, 0.5) is 0 Å². The van der Waals surface area contributed by atoms with Gasteiger partial charge in [0.25, 0.3) is 0 Å². The minimum atomic E-state index is -0.884. The van der Waals surface area contributed by atoms with Gasteiger partial charge in [-0.25, -0.2) is 0 Å². The first-order valence-corrected chi connectivity index (χ1v) is 21.8. The summed E-state index contributed by atoms with van der Waals surface area (Å²) in [6.45, 7) is 6.90. The summed E-state index contributed by atoms with van der Waals surface area (Å²) in [6.07, 6.45) is 3.05. The minimum absolute atomic E-state index is 0.0519. The van der Waals surface area contributed by atoms with E-state index in [1.54, 1.807) is 66.0 Å². The number of aromatic nitrogens is 2. The predicted octanol–water partition coefficient (Wildman–Crippen LogP) is 11.6. The number of phenolic OH excluding ortho intramolecular Hbond substituents is 1. The summed E-state index contributed by atoms with van der Waals surface area (Å²) in [5.41, 5.74) is 7.95. The first-order valence-electron chi connectivity index (χ1n) is 20.2. The second-order valence-electron chi connectivity index (χ2n) is 14.4. The molecule has 324 valence electrons. The Bertz CT molecular complexity index is 2580. The number of aryl methyl sites for hydroxylation is 2. The highest BCUT2D eigenvalue weighted by Crippen LogP contribution is 2.32. The number of carbonyl (C=O) groups is 2. The van der Waals surface area contributed by atoms with Crippen LogP contribution in [0.25, 0.3) is 20.9 Å². The molecule has 3 N–H and O–H groups in total. The van der Waals surface area contributed by atoms with E-state index >= 15 is 0 Å². The topological polar surface area (TPSA) is 165 Å². The molecule has 0 amide bonds. The molecule has 0 saturated heterocycles. The molecule has 4 aromatic carbocycles. The van der Waals surface area contributed by atoms with Gasteiger partial charge in [0.2, 0.25) is 0 Å². The van der Waals surface area contributed by atoms with Crippen LogP contribution in [0.1, 0.15) is 75.0 Å². The standard InChI is InChI=1S/C24H21NO4S.C14H15NO4.C12H12OS/c1-16-2-4-18(5-3-16)23-11-10-20(30-23)15-28-19-8-6-17(7-9-19)21(14-24(26)27)22-12-13-29-25-22;1-2-18-14(17)9-12(13-7-8-19-15-13)10-3-5-11(16)6-4-10;1-9-2-4-10(5-3-9)12-7-6-11(8-13)14-12/h2-13,21H,14-15H2,1H3,(H,26,27);3-8,12,16H,2,9H2,1H3;2-7,13H,8H2,1H3/t21-;12-;/m00./s1. The molecule has 0 radical (unpaired) electrons. The van der Waals surface area contributed by atoms with Gasteiger partial charge in [-0.05, 0) is 91.6 Å². The molecule has 0 fully saturated rings. The normalized spacial score (nSPS) is 11.6. The summed E-state index contributed by atoms with van der Waals surface area (Å²) in [6, 6.07) is 42.7. The number of aliphatic hydroxyl groups is 1. The Morgan fingerprint density at radius 1 is 0.635 bits per heavy atom. The highest BCUT2D eigenvalue weighted by atomic mass is 32.1. The Morgan fingerprint density at radius 2 is 1.13 bits per heavy atom. The largest absolute Gasteiger partial charge is 0.508 e. The molecule has 0 spiro atoms. The summed E-state index contributed by atoms with van der Waals surface area (Å²) in [5, 5.41) is 35.3.